The van der Waals surface area contributed by atoms with Gasteiger partial charge < -0.3 is 5.32 Å². The van der Waals surface area contributed by atoms with Crippen LogP contribution >= 0.6 is 11.8 Å². The largest absolute Gasteiger partial charge is 0.325 e. The quantitative estimate of drug-likeness (QED) is 0.634. The molecule has 2 nitrogen and oxygen atoms in total. The van der Waals surface area contributed by atoms with Gasteiger partial charge >= 0.3 is 0 Å². The molecular formula is C19H15F2NOS. The molecular weight excluding hydrogens is 328 g/mol. The lowest BCUT2D eigenvalue weighted by molar-refractivity contribution is -0.115. The molecule has 0 heterocycles. The van der Waals surface area contributed by atoms with E-state index in [4.69, 9.17) is 0 Å². The lowest BCUT2D eigenvalue weighted by atomic mass is 10.0. The molecule has 0 atom stereocenters. The Labute approximate surface area is 142 Å². The van der Waals surface area contributed by atoms with Crippen LogP contribution in [-0.2, 0) is 11.2 Å². The lowest BCUT2D eigenvalue weighted by Crippen LogP contribution is -2.15. The fourth-order valence-electron chi connectivity index (χ4n) is 2.58. The predicted octanol–water partition coefficient (Wildman–Crippen LogP) is 5.34. The number of hydrogen-bond acceptors (Lipinski definition) is 2. The molecule has 0 spiro atoms. The van der Waals surface area contributed by atoms with E-state index in [-0.39, 0.29) is 12.3 Å². The number of benzene rings is 3. The first kappa shape index (κ1) is 16.5. The van der Waals surface area contributed by atoms with Crippen molar-refractivity contribution in [1.29, 1.82) is 0 Å². The van der Waals surface area contributed by atoms with Crippen molar-refractivity contribution in [2.75, 3.05) is 5.32 Å². The van der Waals surface area contributed by atoms with Gasteiger partial charge in [-0.25, -0.2) is 0 Å². The number of anilines is 1. The summed E-state index contributed by atoms with van der Waals surface area (Å²) in [5.74, 6) is -2.75. The summed E-state index contributed by atoms with van der Waals surface area (Å²) in [4.78, 5) is 12.7. The molecule has 0 aliphatic rings. The van der Waals surface area contributed by atoms with Crippen LogP contribution in [0.1, 0.15) is 5.56 Å². The Morgan fingerprint density at radius 1 is 0.958 bits per heavy atom. The van der Waals surface area contributed by atoms with E-state index in [2.05, 4.69) is 5.32 Å². The summed E-state index contributed by atoms with van der Waals surface area (Å²) in [7, 11) is 0. The molecule has 3 rings (SSSR count). The van der Waals surface area contributed by atoms with Gasteiger partial charge in [-0.2, -0.15) is 8.78 Å². The Morgan fingerprint density at radius 3 is 2.50 bits per heavy atom. The van der Waals surface area contributed by atoms with Gasteiger partial charge in [0, 0.05) is 4.90 Å². The van der Waals surface area contributed by atoms with E-state index in [0.29, 0.717) is 22.3 Å². The van der Waals surface area contributed by atoms with Gasteiger partial charge in [-0.15, -0.1) is 0 Å². The second-order valence-corrected chi connectivity index (χ2v) is 6.27. The second-order valence-electron chi connectivity index (χ2n) is 5.24. The summed E-state index contributed by atoms with van der Waals surface area (Å²) in [6, 6.07) is 20.2. The molecule has 5 heteroatoms. The third-order valence-corrected chi connectivity index (χ3v) is 4.40. The van der Waals surface area contributed by atoms with Crippen molar-refractivity contribution in [3.8, 4) is 0 Å². The number of halogens is 2. The Balaban J connectivity index is 1.79. The molecule has 0 aliphatic carbocycles. The second kappa shape index (κ2) is 7.45. The molecule has 0 bridgehead atoms. The summed E-state index contributed by atoms with van der Waals surface area (Å²) in [6.45, 7) is 0. The van der Waals surface area contributed by atoms with Gasteiger partial charge in [0.2, 0.25) is 5.91 Å². The third-order valence-electron chi connectivity index (χ3n) is 3.61. The van der Waals surface area contributed by atoms with Gasteiger partial charge in [-0.1, -0.05) is 66.4 Å². The fourth-order valence-corrected chi connectivity index (χ4v) is 3.18. The molecule has 0 aromatic heterocycles. The van der Waals surface area contributed by atoms with E-state index in [9.17, 15) is 13.6 Å². The van der Waals surface area contributed by atoms with Crippen molar-refractivity contribution in [3.05, 3.63) is 72.3 Å². The maximum absolute atomic E-state index is 12.6. The van der Waals surface area contributed by atoms with Crippen molar-refractivity contribution >= 4 is 34.1 Å². The van der Waals surface area contributed by atoms with Crippen molar-refractivity contribution in [1.82, 2.24) is 0 Å². The number of alkyl halides is 2. The first-order valence-electron chi connectivity index (χ1n) is 7.44. The molecule has 3 aromatic rings. The Kier molecular flexibility index (Phi) is 5.11. The van der Waals surface area contributed by atoms with Crippen LogP contribution in [0, 0.1) is 0 Å². The van der Waals surface area contributed by atoms with Crippen LogP contribution in [0.25, 0.3) is 10.8 Å². The maximum atomic E-state index is 12.6. The SMILES string of the molecule is O=C(Cc1cccc2ccccc12)Nc1ccccc1SC(F)F. The smallest absolute Gasteiger partial charge is 0.288 e. The molecule has 1 amide bonds. The zero-order valence-electron chi connectivity index (χ0n) is 12.7. The molecule has 3 aromatic carbocycles. The van der Waals surface area contributed by atoms with Crippen LogP contribution in [0.5, 0.6) is 0 Å². The van der Waals surface area contributed by atoms with E-state index < -0.39 is 5.76 Å². The highest BCUT2D eigenvalue weighted by Gasteiger charge is 2.12. The summed E-state index contributed by atoms with van der Waals surface area (Å²) < 4.78 is 25.2. The molecule has 0 saturated carbocycles. The van der Waals surface area contributed by atoms with Crippen molar-refractivity contribution < 1.29 is 13.6 Å². The molecule has 0 aliphatic heterocycles. The van der Waals surface area contributed by atoms with Crippen molar-refractivity contribution in [2.24, 2.45) is 0 Å². The zero-order valence-corrected chi connectivity index (χ0v) is 13.5. The molecule has 0 saturated heterocycles. The van der Waals surface area contributed by atoms with E-state index in [1.54, 1.807) is 24.3 Å². The molecule has 0 fully saturated rings. The first-order valence-corrected chi connectivity index (χ1v) is 8.32. The topological polar surface area (TPSA) is 29.1 Å². The number of thioether (sulfide) groups is 1. The van der Waals surface area contributed by atoms with Crippen LogP contribution in [0.2, 0.25) is 0 Å². The fraction of sp³-hybridized carbons (Fsp3) is 0.105. The Morgan fingerprint density at radius 2 is 1.67 bits per heavy atom. The van der Waals surface area contributed by atoms with E-state index in [1.165, 1.54) is 0 Å². The van der Waals surface area contributed by atoms with Crippen LogP contribution in [0.4, 0.5) is 14.5 Å². The molecule has 122 valence electrons. The Bertz CT molecular complexity index is 861. The minimum Gasteiger partial charge on any atom is -0.325 e. The molecule has 0 radical (unpaired) electrons. The van der Waals surface area contributed by atoms with Crippen LogP contribution < -0.4 is 5.32 Å². The lowest BCUT2D eigenvalue weighted by Gasteiger charge is -2.11. The molecule has 0 unspecified atom stereocenters. The highest BCUT2D eigenvalue weighted by molar-refractivity contribution is 7.99. The van der Waals surface area contributed by atoms with Crippen molar-refractivity contribution in [3.63, 3.8) is 0 Å². The van der Waals surface area contributed by atoms with E-state index >= 15 is 0 Å². The summed E-state index contributed by atoms with van der Waals surface area (Å²) in [5.41, 5.74) is 1.32. The van der Waals surface area contributed by atoms with Crippen LogP contribution in [0.15, 0.2) is 71.6 Å². The third kappa shape index (κ3) is 3.92. The number of amides is 1. The van der Waals surface area contributed by atoms with Gasteiger partial charge in [0.15, 0.2) is 0 Å². The number of carbonyl (C=O) groups excluding carboxylic acids is 1. The predicted molar refractivity (Wildman–Crippen MR) is 94.6 cm³/mol. The van der Waals surface area contributed by atoms with Crippen molar-refractivity contribution in [2.45, 2.75) is 17.1 Å². The standard InChI is InChI=1S/C19H15F2NOS/c20-19(21)24-17-11-4-3-10-16(17)22-18(23)12-14-8-5-7-13-6-1-2-9-15(13)14/h1-11,19H,12H2,(H,22,23). The highest BCUT2D eigenvalue weighted by atomic mass is 32.2. The van der Waals surface area contributed by atoms with Crippen LogP contribution in [0.3, 0.4) is 0 Å². The van der Waals surface area contributed by atoms with E-state index in [1.807, 2.05) is 42.5 Å². The summed E-state index contributed by atoms with van der Waals surface area (Å²) in [6.07, 6.45) is 0.190. The van der Waals surface area contributed by atoms with Gasteiger partial charge in [0.1, 0.15) is 0 Å². The number of rotatable bonds is 5. The number of carbonyl (C=O) groups is 1. The highest BCUT2D eigenvalue weighted by Crippen LogP contribution is 2.31. The van der Waals surface area contributed by atoms with E-state index in [0.717, 1.165) is 16.3 Å². The number of nitrogens with one attached hydrogen (secondary N) is 1. The molecule has 1 N–H and O–H groups in total. The van der Waals surface area contributed by atoms with Gasteiger partial charge in [-0.3, -0.25) is 4.79 Å². The number of fused-ring (bicyclic) bond motifs is 1. The summed E-state index contributed by atoms with van der Waals surface area (Å²) in [5, 5.41) is 4.82. The van der Waals surface area contributed by atoms with Gasteiger partial charge in [0.05, 0.1) is 12.1 Å². The van der Waals surface area contributed by atoms with Gasteiger partial charge in [0.25, 0.3) is 5.76 Å². The maximum Gasteiger partial charge on any atom is 0.288 e. The zero-order chi connectivity index (χ0) is 16.9. The number of para-hydroxylation sites is 1. The van der Waals surface area contributed by atoms with Crippen LogP contribution in [-0.4, -0.2) is 11.7 Å². The molecule has 24 heavy (non-hydrogen) atoms. The minimum atomic E-state index is -2.53. The normalized spacial score (nSPS) is 11.0. The monoisotopic (exact) mass is 343 g/mol. The van der Waals surface area contributed by atoms with Gasteiger partial charge in [-0.05, 0) is 28.5 Å². The average molecular weight is 343 g/mol. The minimum absolute atomic E-state index is 0.190. The first-order chi connectivity index (χ1) is 11.6. The Hall–Kier alpha value is -2.40. The number of hydrogen-bond donors (Lipinski definition) is 1. The average Bonchev–Trinajstić information content (AvgIpc) is 2.56. The summed E-state index contributed by atoms with van der Waals surface area (Å²) >= 11 is 0.428.